The third-order valence-corrected chi connectivity index (χ3v) is 11.5. The van der Waals surface area contributed by atoms with Gasteiger partial charge in [-0.1, -0.05) is 40.3 Å². The number of phenolic OH excluding ortho intramolecular Hbond substituents is 2. The first-order valence-corrected chi connectivity index (χ1v) is 18.9. The van der Waals surface area contributed by atoms with Crippen molar-refractivity contribution in [2.24, 2.45) is 0 Å². The lowest BCUT2D eigenvalue weighted by atomic mass is 9.72. The fraction of sp³-hybridized carbons (Fsp3) is 0.457. The van der Waals surface area contributed by atoms with Crippen molar-refractivity contribution in [3.63, 3.8) is 0 Å². The Balaban J connectivity index is 1.35. The highest BCUT2D eigenvalue weighted by atomic mass is 33.1. The Hall–Kier alpha value is -4.17. The molecule has 2 aliphatic carbocycles. The van der Waals surface area contributed by atoms with Gasteiger partial charge in [0, 0.05) is 53.5 Å². The van der Waals surface area contributed by atoms with Crippen LogP contribution in [0.15, 0.2) is 30.9 Å². The number of aliphatic hydroxyl groups is 3. The van der Waals surface area contributed by atoms with Crippen LogP contribution in [0.5, 0.6) is 17.2 Å². The SMILES string of the molecule is C=CC(=O)OCCSSCCOC(=O)NC1CC(OC2C[C@@](O)(C(=O)CO)Cc3c(O)c4c(c(O)c32)C(=O)c2c(OC)cccc2C4=O)OC(C)C1O. The van der Waals surface area contributed by atoms with Gasteiger partial charge >= 0.3 is 12.1 Å². The Morgan fingerprint density at radius 1 is 1.06 bits per heavy atom. The summed E-state index contributed by atoms with van der Waals surface area (Å²) in [4.78, 5) is 64.2. The number of amides is 1. The zero-order valence-corrected chi connectivity index (χ0v) is 30.3. The Bertz CT molecular complexity index is 1800. The van der Waals surface area contributed by atoms with Gasteiger partial charge in [0.1, 0.15) is 48.8 Å². The van der Waals surface area contributed by atoms with Gasteiger partial charge in [0.25, 0.3) is 0 Å². The highest BCUT2D eigenvalue weighted by molar-refractivity contribution is 8.76. The summed E-state index contributed by atoms with van der Waals surface area (Å²) < 4.78 is 27.4. The molecule has 0 radical (unpaired) electrons. The molecule has 3 aliphatic rings. The normalized spacial score (nSPS) is 24.7. The smallest absolute Gasteiger partial charge is 0.407 e. The molecule has 0 spiro atoms. The molecular weight excluding hydrogens is 739 g/mol. The summed E-state index contributed by atoms with van der Waals surface area (Å²) in [7, 11) is 4.10. The number of carbonyl (C=O) groups is 5. The number of aliphatic hydroxyl groups excluding tert-OH is 2. The van der Waals surface area contributed by atoms with Gasteiger partial charge in [0.15, 0.2) is 17.9 Å². The van der Waals surface area contributed by atoms with Gasteiger partial charge < -0.3 is 54.5 Å². The van der Waals surface area contributed by atoms with E-state index in [1.165, 1.54) is 53.8 Å². The molecule has 1 fully saturated rings. The molecule has 0 saturated carbocycles. The minimum atomic E-state index is -2.35. The van der Waals surface area contributed by atoms with E-state index in [0.29, 0.717) is 11.5 Å². The van der Waals surface area contributed by atoms with E-state index < -0.39 is 108 Å². The van der Waals surface area contributed by atoms with Crippen molar-refractivity contribution in [3.8, 4) is 17.2 Å². The predicted molar refractivity (Wildman–Crippen MR) is 188 cm³/mol. The van der Waals surface area contributed by atoms with E-state index in [0.717, 1.165) is 6.08 Å². The van der Waals surface area contributed by atoms with E-state index in [9.17, 15) is 49.5 Å². The second-order valence-corrected chi connectivity index (χ2v) is 15.1. The van der Waals surface area contributed by atoms with Crippen LogP contribution >= 0.6 is 21.6 Å². The van der Waals surface area contributed by atoms with Crippen molar-refractivity contribution in [1.82, 2.24) is 5.32 Å². The number of Topliss-reactive ketones (excluding diaryl/α,β-unsaturated/α-hetero) is 1. The number of hydrogen-bond acceptors (Lipinski definition) is 17. The molecule has 2 aromatic rings. The lowest BCUT2D eigenvalue weighted by molar-refractivity contribution is -0.249. The molecule has 16 nitrogen and oxygen atoms in total. The summed E-state index contributed by atoms with van der Waals surface area (Å²) in [6, 6.07) is 3.31. The van der Waals surface area contributed by atoms with Crippen molar-refractivity contribution in [1.29, 1.82) is 0 Å². The monoisotopic (exact) mass is 777 g/mol. The summed E-state index contributed by atoms with van der Waals surface area (Å²) in [5, 5.41) is 57.8. The number of methoxy groups -OCH3 is 1. The average Bonchev–Trinajstić information content (AvgIpc) is 3.13. The van der Waals surface area contributed by atoms with Crippen LogP contribution in [0.2, 0.25) is 0 Å². The van der Waals surface area contributed by atoms with Gasteiger partial charge in [-0.05, 0) is 13.0 Å². The number of carbonyl (C=O) groups excluding carboxylic acids is 5. The van der Waals surface area contributed by atoms with E-state index in [4.69, 9.17) is 23.7 Å². The number of ketones is 3. The number of phenols is 2. The van der Waals surface area contributed by atoms with Crippen molar-refractivity contribution in [2.45, 2.75) is 62.4 Å². The molecule has 18 heteroatoms. The summed E-state index contributed by atoms with van der Waals surface area (Å²) in [5.41, 5.74) is -4.10. The second kappa shape index (κ2) is 16.9. The van der Waals surface area contributed by atoms with Gasteiger partial charge in [-0.25, -0.2) is 9.59 Å². The number of aromatic hydroxyl groups is 2. The summed E-state index contributed by atoms with van der Waals surface area (Å²) >= 11 is 0. The number of esters is 1. The molecule has 53 heavy (non-hydrogen) atoms. The molecule has 5 unspecified atom stereocenters. The van der Waals surface area contributed by atoms with Crippen LogP contribution in [0.4, 0.5) is 4.79 Å². The standard InChI is InChI=1S/C35H39NO15S2/c1-4-23(39)48-8-10-52-53-11-9-49-34(45)36-19-12-24(50-16(2)29(19)40)51-21-14-35(46,22(38)15-37)13-18-26(21)33(44)28-27(31(18)42)30(41)17-6-5-7-20(47-3)25(17)32(28)43/h4-7,16,19,21,24,29,37,40,42,44,46H,1,8-15H2,2-3H3,(H,36,45)/t16?,19?,21?,24?,29?,35-/m1/s1. The molecule has 1 amide bonds. The number of rotatable bonds is 14. The lowest BCUT2D eigenvalue weighted by Crippen LogP contribution is -2.56. The maximum absolute atomic E-state index is 13.9. The number of fused-ring (bicyclic) bond motifs is 3. The Kier molecular flexibility index (Phi) is 12.7. The average molecular weight is 778 g/mol. The highest BCUT2D eigenvalue weighted by Gasteiger charge is 2.50. The van der Waals surface area contributed by atoms with Crippen molar-refractivity contribution in [2.75, 3.05) is 38.4 Å². The van der Waals surface area contributed by atoms with Crippen molar-refractivity contribution >= 4 is 51.0 Å². The molecular formula is C35H39NO15S2. The van der Waals surface area contributed by atoms with E-state index in [1.807, 2.05) is 0 Å². The molecule has 6 atom stereocenters. The summed E-state index contributed by atoms with van der Waals surface area (Å²) in [6.07, 6.45) is -6.08. The molecule has 2 aromatic carbocycles. The molecule has 1 aliphatic heterocycles. The number of hydrogen-bond donors (Lipinski definition) is 6. The fourth-order valence-corrected chi connectivity index (χ4v) is 8.23. The number of nitrogens with one attached hydrogen (secondary N) is 1. The molecule has 1 heterocycles. The largest absolute Gasteiger partial charge is 0.507 e. The van der Waals surface area contributed by atoms with Crippen LogP contribution in [0.25, 0.3) is 0 Å². The molecule has 286 valence electrons. The Labute approximate surface area is 311 Å². The minimum Gasteiger partial charge on any atom is -0.507 e. The maximum atomic E-state index is 13.9. The quantitative estimate of drug-likeness (QED) is 0.0450. The first-order chi connectivity index (χ1) is 25.3. The molecule has 6 N–H and O–H groups in total. The van der Waals surface area contributed by atoms with Crippen molar-refractivity contribution in [3.05, 3.63) is 64.2 Å². The zero-order chi connectivity index (χ0) is 38.6. The third kappa shape index (κ3) is 8.18. The van der Waals surface area contributed by atoms with Gasteiger partial charge in [-0.2, -0.15) is 0 Å². The zero-order valence-electron chi connectivity index (χ0n) is 28.7. The number of benzene rings is 2. The van der Waals surface area contributed by atoms with Gasteiger partial charge in [-0.15, -0.1) is 0 Å². The highest BCUT2D eigenvalue weighted by Crippen LogP contribution is 2.52. The first-order valence-electron chi connectivity index (χ1n) is 16.5. The van der Waals surface area contributed by atoms with E-state index in [-0.39, 0.29) is 47.6 Å². The Morgan fingerprint density at radius 2 is 1.74 bits per heavy atom. The molecule has 5 rings (SSSR count). The van der Waals surface area contributed by atoms with E-state index >= 15 is 0 Å². The predicted octanol–water partition coefficient (Wildman–Crippen LogP) is 1.88. The van der Waals surface area contributed by atoms with Crippen LogP contribution in [0, 0.1) is 0 Å². The first kappa shape index (κ1) is 40.0. The summed E-state index contributed by atoms with van der Waals surface area (Å²) in [6.45, 7) is 3.96. The molecule has 1 saturated heterocycles. The van der Waals surface area contributed by atoms with Crippen molar-refractivity contribution < 1.29 is 73.2 Å². The van der Waals surface area contributed by atoms with Crippen LogP contribution < -0.4 is 10.1 Å². The number of ether oxygens (including phenoxy) is 5. The Morgan fingerprint density at radius 3 is 2.40 bits per heavy atom. The van der Waals surface area contributed by atoms with Crippen LogP contribution in [-0.4, -0.2) is 124 Å². The van der Waals surface area contributed by atoms with Crippen LogP contribution in [0.1, 0.15) is 68.8 Å². The molecule has 0 bridgehead atoms. The fourth-order valence-electron chi connectivity index (χ4n) is 6.57. The third-order valence-electron chi connectivity index (χ3n) is 9.12. The number of alkyl carbamates (subject to hydrolysis) is 1. The van der Waals surface area contributed by atoms with E-state index in [1.54, 1.807) is 0 Å². The minimum absolute atomic E-state index is 0.0196. The molecule has 0 aromatic heterocycles. The maximum Gasteiger partial charge on any atom is 0.407 e. The lowest BCUT2D eigenvalue weighted by Gasteiger charge is -2.42. The van der Waals surface area contributed by atoms with Crippen LogP contribution in [-0.2, 0) is 35.0 Å². The van der Waals surface area contributed by atoms with Gasteiger partial charge in [0.2, 0.25) is 5.78 Å². The van der Waals surface area contributed by atoms with Gasteiger partial charge in [-0.3, -0.25) is 14.4 Å². The second-order valence-electron chi connectivity index (χ2n) is 12.4. The summed E-state index contributed by atoms with van der Waals surface area (Å²) in [5.74, 6) is -3.71. The van der Waals surface area contributed by atoms with Crippen LogP contribution in [0.3, 0.4) is 0 Å². The van der Waals surface area contributed by atoms with E-state index in [2.05, 4.69) is 11.9 Å². The van der Waals surface area contributed by atoms with Gasteiger partial charge in [0.05, 0.1) is 42.0 Å². The topological polar surface area (TPSA) is 245 Å².